The van der Waals surface area contributed by atoms with E-state index in [1.807, 2.05) is 0 Å². The number of hydrogen-bond acceptors (Lipinski definition) is 0. The van der Waals surface area contributed by atoms with Crippen LogP contribution < -0.4 is 0 Å². The van der Waals surface area contributed by atoms with Crippen LogP contribution in [-0.2, 0) is 0 Å². The van der Waals surface area contributed by atoms with Gasteiger partial charge in [-0.25, -0.2) is 0 Å². The Morgan fingerprint density at radius 3 is 2.14 bits per heavy atom. The van der Waals surface area contributed by atoms with Crippen LogP contribution in [0.2, 0.25) is 0 Å². The average Bonchev–Trinajstić information content (AvgIpc) is 2.23. The van der Waals surface area contributed by atoms with Gasteiger partial charge >= 0.3 is 0 Å². The van der Waals surface area contributed by atoms with Crippen molar-refractivity contribution in [1.29, 1.82) is 0 Å². The fourth-order valence-electron chi connectivity index (χ4n) is 0.933. The molecule has 0 aromatic carbocycles. The molecule has 7 heavy (non-hydrogen) atoms. The van der Waals surface area contributed by atoms with Gasteiger partial charge in [0.1, 0.15) is 0 Å². The lowest BCUT2D eigenvalue weighted by Crippen LogP contribution is -1.73. The Balaban J connectivity index is 2.00. The summed E-state index contributed by atoms with van der Waals surface area (Å²) in [5.74, 6) is 1.63. The van der Waals surface area contributed by atoms with Gasteiger partial charge in [0.15, 0.2) is 0 Å². The first-order chi connectivity index (χ1) is 3.38. The second kappa shape index (κ2) is 0.835. The van der Waals surface area contributed by atoms with Gasteiger partial charge in [-0.05, 0) is 5.92 Å². The van der Waals surface area contributed by atoms with Gasteiger partial charge < -0.3 is 0 Å². The number of hydrogen-bond donors (Lipinski definition) is 0. The van der Waals surface area contributed by atoms with Gasteiger partial charge in [0, 0.05) is 5.92 Å². The maximum Gasteiger partial charge on any atom is 0.0164 e. The first kappa shape index (κ1) is 3.48. The van der Waals surface area contributed by atoms with E-state index in [1.165, 1.54) is 0 Å². The molecule has 0 N–H and O–H groups in total. The molecule has 0 amide bonds. The van der Waals surface area contributed by atoms with Crippen molar-refractivity contribution in [1.82, 2.24) is 0 Å². The van der Waals surface area contributed by atoms with Crippen LogP contribution in [0.5, 0.6) is 0 Å². The van der Waals surface area contributed by atoms with Gasteiger partial charge in [-0.2, -0.15) is 0 Å². The van der Waals surface area contributed by atoms with Crippen molar-refractivity contribution in [2.75, 3.05) is 0 Å². The standard InChI is InChI=1S/C7H8/c1-5-4-7(5)6-2-3-6/h2-6H,1H3. The molecule has 2 rings (SSSR count). The highest BCUT2D eigenvalue weighted by atomic mass is 14.3. The van der Waals surface area contributed by atoms with E-state index < -0.39 is 0 Å². The Morgan fingerprint density at radius 2 is 2.00 bits per heavy atom. The van der Waals surface area contributed by atoms with E-state index in [4.69, 9.17) is 0 Å². The van der Waals surface area contributed by atoms with E-state index in [0.29, 0.717) is 0 Å². The zero-order chi connectivity index (χ0) is 4.85. The molecular formula is C7H8. The van der Waals surface area contributed by atoms with Gasteiger partial charge in [-0.3, -0.25) is 0 Å². The minimum absolute atomic E-state index is 0.801. The lowest BCUT2D eigenvalue weighted by molar-refractivity contribution is 0.959. The van der Waals surface area contributed by atoms with Crippen molar-refractivity contribution in [2.24, 2.45) is 11.8 Å². The van der Waals surface area contributed by atoms with Crippen LogP contribution in [0.4, 0.5) is 0 Å². The molecular weight excluding hydrogens is 84.1 g/mol. The first-order valence-electron chi connectivity index (χ1n) is 2.78. The molecule has 0 fully saturated rings. The second-order valence-electron chi connectivity index (χ2n) is 2.37. The average molecular weight is 92.1 g/mol. The molecule has 1 unspecified atom stereocenters. The maximum absolute atomic E-state index is 2.32. The Kier molecular flexibility index (Phi) is 0.415. The maximum atomic E-state index is 2.32. The van der Waals surface area contributed by atoms with Gasteiger partial charge in [0.2, 0.25) is 0 Å². The van der Waals surface area contributed by atoms with E-state index in [1.54, 1.807) is 5.57 Å². The van der Waals surface area contributed by atoms with E-state index in [2.05, 4.69) is 25.2 Å². The molecule has 0 heteroatoms. The third-order valence-electron chi connectivity index (χ3n) is 1.63. The van der Waals surface area contributed by atoms with Crippen molar-refractivity contribution in [2.45, 2.75) is 6.92 Å². The third-order valence-corrected chi connectivity index (χ3v) is 1.63. The van der Waals surface area contributed by atoms with Crippen molar-refractivity contribution in [3.8, 4) is 0 Å². The van der Waals surface area contributed by atoms with Gasteiger partial charge in [0.05, 0.1) is 0 Å². The van der Waals surface area contributed by atoms with Crippen LogP contribution in [-0.4, -0.2) is 0 Å². The van der Waals surface area contributed by atoms with Crippen LogP contribution >= 0.6 is 0 Å². The normalized spacial score (nSPS) is 35.6. The SMILES string of the molecule is CC1C=C1C1C=C1. The fourth-order valence-corrected chi connectivity index (χ4v) is 0.933. The van der Waals surface area contributed by atoms with Crippen LogP contribution in [0.3, 0.4) is 0 Å². The Morgan fingerprint density at radius 1 is 1.43 bits per heavy atom. The Hall–Kier alpha value is -0.520. The molecule has 36 valence electrons. The molecule has 0 heterocycles. The smallest absolute Gasteiger partial charge is 0.0164 e. The molecule has 0 radical (unpaired) electrons. The summed E-state index contributed by atoms with van der Waals surface area (Å²) in [5, 5.41) is 0. The zero-order valence-corrected chi connectivity index (χ0v) is 4.39. The zero-order valence-electron chi connectivity index (χ0n) is 4.39. The van der Waals surface area contributed by atoms with E-state index in [-0.39, 0.29) is 0 Å². The summed E-state index contributed by atoms with van der Waals surface area (Å²) < 4.78 is 0. The summed E-state index contributed by atoms with van der Waals surface area (Å²) in [4.78, 5) is 0. The predicted octanol–water partition coefficient (Wildman–Crippen LogP) is 1.75. The topological polar surface area (TPSA) is 0 Å². The summed E-state index contributed by atoms with van der Waals surface area (Å²) >= 11 is 0. The molecule has 0 saturated heterocycles. The van der Waals surface area contributed by atoms with E-state index >= 15 is 0 Å². The molecule has 0 saturated carbocycles. The van der Waals surface area contributed by atoms with Gasteiger partial charge in [-0.15, -0.1) is 0 Å². The van der Waals surface area contributed by atoms with Crippen LogP contribution in [0.1, 0.15) is 6.92 Å². The summed E-state index contributed by atoms with van der Waals surface area (Å²) in [6.45, 7) is 2.25. The van der Waals surface area contributed by atoms with E-state index in [9.17, 15) is 0 Å². The quantitative estimate of drug-likeness (QED) is 0.432. The molecule has 0 nitrogen and oxygen atoms in total. The highest BCUT2D eigenvalue weighted by Crippen LogP contribution is 2.41. The highest BCUT2D eigenvalue weighted by Gasteiger charge is 2.28. The monoisotopic (exact) mass is 92.1 g/mol. The fraction of sp³-hybridized carbons (Fsp3) is 0.429. The second-order valence-corrected chi connectivity index (χ2v) is 2.37. The molecule has 0 spiro atoms. The minimum Gasteiger partial charge on any atom is -0.0769 e. The molecule has 2 aliphatic carbocycles. The summed E-state index contributed by atoms with van der Waals surface area (Å²) in [6.07, 6.45) is 6.81. The van der Waals surface area contributed by atoms with Crippen molar-refractivity contribution in [3.05, 3.63) is 23.8 Å². The minimum atomic E-state index is 0.801. The molecule has 0 bridgehead atoms. The third kappa shape index (κ3) is 0.426. The summed E-state index contributed by atoms with van der Waals surface area (Å²) in [5.41, 5.74) is 1.64. The predicted molar refractivity (Wildman–Crippen MR) is 29.9 cm³/mol. The van der Waals surface area contributed by atoms with Crippen molar-refractivity contribution in [3.63, 3.8) is 0 Å². The van der Waals surface area contributed by atoms with Gasteiger partial charge in [-0.1, -0.05) is 30.7 Å². The van der Waals surface area contributed by atoms with Gasteiger partial charge in [0.25, 0.3) is 0 Å². The molecule has 0 aromatic rings. The Bertz CT molecular complexity index is 145. The van der Waals surface area contributed by atoms with Crippen molar-refractivity contribution >= 4 is 0 Å². The van der Waals surface area contributed by atoms with Crippen molar-refractivity contribution < 1.29 is 0 Å². The number of allylic oxidation sites excluding steroid dienone is 4. The van der Waals surface area contributed by atoms with E-state index in [0.717, 1.165) is 11.8 Å². The Labute approximate surface area is 43.5 Å². The highest BCUT2D eigenvalue weighted by molar-refractivity contribution is 5.42. The molecule has 1 atom stereocenters. The summed E-state index contributed by atoms with van der Waals surface area (Å²) in [6, 6.07) is 0. The lowest BCUT2D eigenvalue weighted by Gasteiger charge is -1.83. The molecule has 0 aromatic heterocycles. The first-order valence-corrected chi connectivity index (χ1v) is 2.78. The number of rotatable bonds is 1. The summed E-state index contributed by atoms with van der Waals surface area (Å²) in [7, 11) is 0. The van der Waals surface area contributed by atoms with Crippen LogP contribution in [0.25, 0.3) is 0 Å². The molecule has 2 aliphatic rings. The van der Waals surface area contributed by atoms with Crippen LogP contribution in [0, 0.1) is 11.8 Å². The lowest BCUT2D eigenvalue weighted by atomic mass is 10.2. The molecule has 0 aliphatic heterocycles. The van der Waals surface area contributed by atoms with Crippen LogP contribution in [0.15, 0.2) is 23.8 Å². The largest absolute Gasteiger partial charge is 0.0769 e.